The van der Waals surface area contributed by atoms with E-state index in [-0.39, 0.29) is 21.7 Å². The van der Waals surface area contributed by atoms with Crippen molar-refractivity contribution in [3.63, 3.8) is 0 Å². The number of rotatable bonds is 0. The second kappa shape index (κ2) is 12.6. The van der Waals surface area contributed by atoms with E-state index in [1.165, 1.54) is 0 Å². The summed E-state index contributed by atoms with van der Waals surface area (Å²) in [5.41, 5.74) is 0. The molecule has 0 aliphatic heterocycles. The van der Waals surface area contributed by atoms with Crippen LogP contribution in [-0.2, 0) is 72.6 Å². The van der Waals surface area contributed by atoms with Crippen molar-refractivity contribution in [2.24, 2.45) is 0 Å². The molecule has 9 heavy (non-hydrogen) atoms. The van der Waals surface area contributed by atoms with E-state index in [0.717, 1.165) is 0 Å². The van der Waals surface area contributed by atoms with Gasteiger partial charge in [-0.05, 0) is 0 Å². The van der Waals surface area contributed by atoms with Crippen molar-refractivity contribution in [2.75, 3.05) is 0 Å². The van der Waals surface area contributed by atoms with Crippen LogP contribution in [0.3, 0.4) is 0 Å². The molecule has 0 N–H and O–H groups in total. The summed E-state index contributed by atoms with van der Waals surface area (Å²) in [6.07, 6.45) is 0. The van der Waals surface area contributed by atoms with E-state index in [9.17, 15) is 0 Å². The van der Waals surface area contributed by atoms with E-state index < -0.39 is 45.3 Å². The van der Waals surface area contributed by atoms with Crippen molar-refractivity contribution >= 4 is 0 Å². The zero-order valence-corrected chi connectivity index (χ0v) is 10.4. The molecule has 0 aromatic heterocycles. The third-order valence-corrected chi connectivity index (χ3v) is 0. The molecule has 0 rings (SSSR count). The molecule has 0 bridgehead atoms. The van der Waals surface area contributed by atoms with E-state index in [1.807, 2.05) is 0 Å². The first-order chi connectivity index (χ1) is 3.46. The summed E-state index contributed by atoms with van der Waals surface area (Å²) in [6.45, 7) is 0. The van der Waals surface area contributed by atoms with E-state index in [1.54, 1.807) is 0 Å². The minimum absolute atomic E-state index is 0. The van der Waals surface area contributed by atoms with E-state index in [0.29, 0.717) is 0 Å². The molecule has 0 amide bonds. The molecule has 0 aliphatic rings. The fourth-order valence-electron chi connectivity index (χ4n) is 0. The van der Waals surface area contributed by atoms with Gasteiger partial charge in [0, 0.05) is 0 Å². The van der Waals surface area contributed by atoms with Crippen molar-refractivity contribution in [2.45, 2.75) is 0 Å². The van der Waals surface area contributed by atoms with Gasteiger partial charge < -0.3 is 0 Å². The van der Waals surface area contributed by atoms with Crippen molar-refractivity contribution in [3.05, 3.63) is 0 Å². The molecule has 0 atom stereocenters. The van der Waals surface area contributed by atoms with Crippen LogP contribution in [0, 0.1) is 0 Å². The van der Waals surface area contributed by atoms with Gasteiger partial charge in [-0.15, -0.1) is 0 Å². The van der Waals surface area contributed by atoms with Crippen molar-refractivity contribution in [1.82, 2.24) is 0 Å². The van der Waals surface area contributed by atoms with Crippen LogP contribution < -0.4 is 12.7 Å². The molecule has 6 nitrogen and oxygen atoms in total. The molecule has 0 heterocycles. The molecule has 0 unspecified atom stereocenters. The predicted octanol–water partition coefficient (Wildman–Crippen LogP) is -5.00. The maximum absolute atomic E-state index is 8.61. The van der Waals surface area contributed by atoms with Crippen LogP contribution in [0.4, 0.5) is 0 Å². The zero-order valence-electron chi connectivity index (χ0n) is 3.95. The Morgan fingerprint density at radius 2 is 0.778 bits per heavy atom. The maximum atomic E-state index is 8.61. The largest absolute Gasteiger partial charge is 4.00 e. The summed E-state index contributed by atoms with van der Waals surface area (Å²) in [4.78, 5) is 0. The third kappa shape index (κ3) is 169. The van der Waals surface area contributed by atoms with Crippen molar-refractivity contribution in [3.8, 4) is 0 Å². The van der Waals surface area contributed by atoms with Crippen LogP contribution in [0.25, 0.3) is 0 Å². The third-order valence-electron chi connectivity index (χ3n) is 0. The summed E-state index contributed by atoms with van der Waals surface area (Å²) >= 11 is -8.59. The quantitative estimate of drug-likeness (QED) is 0.410. The normalized spacial score (nSPS) is 5.78. The fraction of sp³-hybridized carbons (Fsp3) is 0. The number of hydrogen-bond donors (Lipinski definition) is 0. The first-order valence-corrected chi connectivity index (χ1v) is 7.25. The van der Waals surface area contributed by atoms with Gasteiger partial charge in [0.2, 0.25) is 0 Å². The summed E-state index contributed by atoms with van der Waals surface area (Å²) in [5, 5.41) is 0. The number of hydrogen-bond acceptors (Lipinski definition) is 6. The Kier molecular flexibility index (Phi) is 24.0. The zero-order chi connectivity index (χ0) is 7.15. The Bertz CT molecular complexity index is 69.1. The molecule has 48 valence electrons. The molecule has 0 spiro atoms. The SMILES string of the molecule is [O]=[Zr]([O-])[O-].[O]=[Zr]([O-])[O-].[Ti+4]. The molecule has 0 aromatic rings. The van der Waals surface area contributed by atoms with Crippen LogP contribution in [0.1, 0.15) is 0 Å². The smallest absolute Gasteiger partial charge is 4.00 e. The fourth-order valence-corrected chi connectivity index (χ4v) is 0. The molecule has 9 heteroatoms. The molecular weight excluding hydrogens is 326 g/mol. The first-order valence-electron chi connectivity index (χ1n) is 1.22. The molecule has 0 saturated carbocycles. The van der Waals surface area contributed by atoms with Gasteiger partial charge in [0.25, 0.3) is 0 Å². The Balaban J connectivity index is -0.0000000720. The second-order valence-electron chi connectivity index (χ2n) is 0.500. The van der Waals surface area contributed by atoms with Crippen LogP contribution in [0.15, 0.2) is 0 Å². The van der Waals surface area contributed by atoms with Crippen LogP contribution in [-0.4, -0.2) is 0 Å². The van der Waals surface area contributed by atoms with Gasteiger partial charge in [-0.2, -0.15) is 0 Å². The predicted molar refractivity (Wildman–Crippen MR) is 1.37 cm³/mol. The monoisotopic (exact) mass is 324 g/mol. The van der Waals surface area contributed by atoms with Gasteiger partial charge >= 0.3 is 85.3 Å². The Morgan fingerprint density at radius 1 is 0.778 bits per heavy atom. The summed E-state index contributed by atoms with van der Waals surface area (Å²) in [5.74, 6) is 0. The van der Waals surface area contributed by atoms with Crippen molar-refractivity contribution < 1.29 is 85.3 Å². The molecule has 0 radical (unpaired) electrons. The standard InChI is InChI=1S/6O.Ti.2Zr/q;;4*-1;+4;;. The average molecular weight is 326 g/mol. The molecule has 0 saturated heterocycles. The molecule has 0 aliphatic carbocycles. The van der Waals surface area contributed by atoms with E-state index in [2.05, 4.69) is 0 Å². The Labute approximate surface area is 84.1 Å². The van der Waals surface area contributed by atoms with E-state index >= 15 is 0 Å². The van der Waals surface area contributed by atoms with Gasteiger partial charge in [-0.25, -0.2) is 0 Å². The van der Waals surface area contributed by atoms with Gasteiger partial charge in [0.1, 0.15) is 0 Å². The van der Waals surface area contributed by atoms with Gasteiger partial charge in [-0.1, -0.05) is 0 Å². The first kappa shape index (κ1) is 17.1. The van der Waals surface area contributed by atoms with Gasteiger partial charge in [-0.3, -0.25) is 0 Å². The Hall–Kier alpha value is 1.92. The minimum atomic E-state index is -4.29. The molecule has 0 aromatic carbocycles. The minimum Gasteiger partial charge on any atom is 4.00 e. The average Bonchev–Trinajstić information content (AvgIpc) is 1.25. The topological polar surface area (TPSA) is 126 Å². The Morgan fingerprint density at radius 3 is 0.778 bits per heavy atom. The van der Waals surface area contributed by atoms with Crippen LogP contribution in [0.2, 0.25) is 0 Å². The summed E-state index contributed by atoms with van der Waals surface area (Å²) in [6, 6.07) is 0. The van der Waals surface area contributed by atoms with Crippen LogP contribution in [0.5, 0.6) is 0 Å². The second-order valence-corrected chi connectivity index (χ2v) is 2.96. The van der Waals surface area contributed by atoms with Crippen LogP contribution >= 0.6 is 0 Å². The molecular formula is O6TiZr2. The van der Waals surface area contributed by atoms with Gasteiger partial charge in [0.15, 0.2) is 0 Å². The van der Waals surface area contributed by atoms with Gasteiger partial charge in [0.05, 0.1) is 0 Å². The van der Waals surface area contributed by atoms with Crippen molar-refractivity contribution in [1.29, 1.82) is 0 Å². The summed E-state index contributed by atoms with van der Waals surface area (Å²) in [7, 11) is 0. The maximum Gasteiger partial charge on any atom is 4.00 e. The molecule has 0 fully saturated rings. The van der Waals surface area contributed by atoms with E-state index in [4.69, 9.17) is 18.4 Å². The summed E-state index contributed by atoms with van der Waals surface area (Å²) < 4.78 is 51.7.